The number of ether oxygens (including phenoxy) is 1. The second kappa shape index (κ2) is 11.6. The molecule has 0 aliphatic heterocycles. The molecule has 0 saturated carbocycles. The average Bonchev–Trinajstić information content (AvgIpc) is 3.07. The van der Waals surface area contributed by atoms with E-state index in [4.69, 9.17) is 33.7 Å². The quantitative estimate of drug-likeness (QED) is 0.453. The highest BCUT2D eigenvalue weighted by Gasteiger charge is 2.19. The molecule has 0 spiro atoms. The Labute approximate surface area is 210 Å². The first-order valence-electron chi connectivity index (χ1n) is 10.5. The first-order chi connectivity index (χ1) is 16.1. The second-order valence-corrected chi connectivity index (χ2v) is 9.86. The SMILES string of the molecule is CC(C)CC(N)C(=O)OCn1c(=NC(=O)c2ccc(Cl)cc2)sn(Cc2ccc(Cl)cc2)c1=O. The lowest BCUT2D eigenvalue weighted by Crippen LogP contribution is -2.37. The van der Waals surface area contributed by atoms with E-state index in [2.05, 4.69) is 4.99 Å². The lowest BCUT2D eigenvalue weighted by molar-refractivity contribution is -0.149. The molecule has 0 aliphatic carbocycles. The molecular formula is C23H24Cl2N4O4S. The minimum atomic E-state index is -0.813. The zero-order valence-corrected chi connectivity index (χ0v) is 20.9. The number of carbonyl (C=O) groups is 2. The third-order valence-electron chi connectivity index (χ3n) is 4.76. The number of nitrogens with two attached hydrogens (primary N) is 1. The Bertz CT molecular complexity index is 1280. The number of hydrogen-bond donors (Lipinski definition) is 1. The maximum absolute atomic E-state index is 13.1. The van der Waals surface area contributed by atoms with Crippen LogP contribution >= 0.6 is 34.7 Å². The van der Waals surface area contributed by atoms with Crippen molar-refractivity contribution in [1.82, 2.24) is 8.52 Å². The molecule has 1 amide bonds. The molecule has 8 nitrogen and oxygen atoms in total. The van der Waals surface area contributed by atoms with Gasteiger partial charge in [0.15, 0.2) is 6.73 Å². The smallest absolute Gasteiger partial charge is 0.342 e. The number of nitrogens with zero attached hydrogens (tertiary/aromatic N) is 3. The Morgan fingerprint density at radius 2 is 1.65 bits per heavy atom. The predicted octanol–water partition coefficient (Wildman–Crippen LogP) is 3.68. The minimum absolute atomic E-state index is 0.0872. The van der Waals surface area contributed by atoms with Crippen molar-refractivity contribution in [3.8, 4) is 0 Å². The highest BCUT2D eigenvalue weighted by Crippen LogP contribution is 2.12. The number of carbonyl (C=O) groups excluding carboxylic acids is 2. The molecule has 0 aliphatic rings. The second-order valence-electron chi connectivity index (χ2n) is 8.00. The van der Waals surface area contributed by atoms with Crippen molar-refractivity contribution in [2.24, 2.45) is 16.6 Å². The molecule has 34 heavy (non-hydrogen) atoms. The molecule has 2 N–H and O–H groups in total. The summed E-state index contributed by atoms with van der Waals surface area (Å²) in [7, 11) is 0. The topological polar surface area (TPSA) is 109 Å². The molecule has 0 radical (unpaired) electrons. The highest BCUT2D eigenvalue weighted by atomic mass is 35.5. The number of halogens is 2. The van der Waals surface area contributed by atoms with E-state index in [1.807, 2.05) is 13.8 Å². The molecule has 2 aromatic carbocycles. The van der Waals surface area contributed by atoms with Gasteiger partial charge in [-0.15, -0.1) is 0 Å². The summed E-state index contributed by atoms with van der Waals surface area (Å²) in [6.07, 6.45) is 0.445. The molecule has 1 heterocycles. The summed E-state index contributed by atoms with van der Waals surface area (Å²) in [5.74, 6) is -0.991. The van der Waals surface area contributed by atoms with Crippen molar-refractivity contribution in [1.29, 1.82) is 0 Å². The van der Waals surface area contributed by atoms with Gasteiger partial charge in [-0.2, -0.15) is 4.99 Å². The summed E-state index contributed by atoms with van der Waals surface area (Å²) in [4.78, 5) is 42.3. The molecule has 0 bridgehead atoms. The van der Waals surface area contributed by atoms with E-state index < -0.39 is 30.3 Å². The molecular weight excluding hydrogens is 499 g/mol. The molecule has 1 atom stereocenters. The molecule has 180 valence electrons. The predicted molar refractivity (Wildman–Crippen MR) is 132 cm³/mol. The van der Waals surface area contributed by atoms with Crippen LogP contribution in [0.25, 0.3) is 0 Å². The van der Waals surface area contributed by atoms with E-state index in [-0.39, 0.29) is 17.3 Å². The van der Waals surface area contributed by atoms with Crippen LogP contribution in [0.15, 0.2) is 58.3 Å². The third kappa shape index (κ3) is 6.89. The fourth-order valence-corrected chi connectivity index (χ4v) is 4.23. The van der Waals surface area contributed by atoms with Crippen LogP contribution in [0, 0.1) is 5.92 Å². The Morgan fingerprint density at radius 1 is 1.06 bits per heavy atom. The normalized spacial score (nSPS) is 12.7. The molecule has 0 saturated heterocycles. The zero-order chi connectivity index (χ0) is 24.8. The van der Waals surface area contributed by atoms with E-state index in [9.17, 15) is 14.4 Å². The monoisotopic (exact) mass is 522 g/mol. The van der Waals surface area contributed by atoms with Gasteiger partial charge in [0.05, 0.1) is 6.54 Å². The molecule has 11 heteroatoms. The number of esters is 1. The Kier molecular flexibility index (Phi) is 8.84. The van der Waals surface area contributed by atoms with Crippen LogP contribution in [-0.2, 0) is 22.8 Å². The van der Waals surface area contributed by atoms with Crippen molar-refractivity contribution in [3.63, 3.8) is 0 Å². The molecule has 3 aromatic rings. The van der Waals surface area contributed by atoms with Gasteiger partial charge in [-0.1, -0.05) is 49.2 Å². The summed E-state index contributed by atoms with van der Waals surface area (Å²) < 4.78 is 7.83. The van der Waals surface area contributed by atoms with Gasteiger partial charge in [0.25, 0.3) is 5.91 Å². The van der Waals surface area contributed by atoms with Gasteiger partial charge >= 0.3 is 11.7 Å². The molecule has 1 aromatic heterocycles. The summed E-state index contributed by atoms with van der Waals surface area (Å²) in [6, 6.07) is 12.4. The standard InChI is InChI=1S/C23H24Cl2N4O4S/c1-14(2)11-19(26)21(31)33-13-28-22(27-20(30)16-5-9-18(25)10-6-16)34-29(23(28)32)12-15-3-7-17(24)8-4-15/h3-10,14,19H,11-13,26H2,1-2H3. The number of hydrogen-bond acceptors (Lipinski definition) is 6. The van der Waals surface area contributed by atoms with Crippen LogP contribution in [0.3, 0.4) is 0 Å². The lowest BCUT2D eigenvalue weighted by atomic mass is 10.1. The number of rotatable bonds is 8. The summed E-state index contributed by atoms with van der Waals surface area (Å²) >= 11 is 12.8. The number of aromatic nitrogens is 2. The van der Waals surface area contributed by atoms with Crippen LogP contribution in [0.2, 0.25) is 10.0 Å². The number of benzene rings is 2. The highest BCUT2D eigenvalue weighted by molar-refractivity contribution is 7.03. The Balaban J connectivity index is 1.93. The fourth-order valence-electron chi connectivity index (χ4n) is 3.03. The van der Waals surface area contributed by atoms with Crippen LogP contribution in [0.1, 0.15) is 36.2 Å². The van der Waals surface area contributed by atoms with Crippen LogP contribution < -0.4 is 16.2 Å². The molecule has 3 rings (SSSR count). The van der Waals surface area contributed by atoms with Crippen LogP contribution in [0.4, 0.5) is 0 Å². The first-order valence-corrected chi connectivity index (χ1v) is 12.0. The zero-order valence-electron chi connectivity index (χ0n) is 18.6. The van der Waals surface area contributed by atoms with Gasteiger partial charge in [0.2, 0.25) is 4.80 Å². The van der Waals surface area contributed by atoms with E-state index in [0.29, 0.717) is 22.0 Å². The van der Waals surface area contributed by atoms with E-state index in [0.717, 1.165) is 21.7 Å². The fraction of sp³-hybridized carbons (Fsp3) is 0.304. The molecule has 1 unspecified atom stereocenters. The van der Waals surface area contributed by atoms with E-state index in [1.54, 1.807) is 36.4 Å². The van der Waals surface area contributed by atoms with E-state index in [1.165, 1.54) is 16.1 Å². The largest absolute Gasteiger partial charge is 0.442 e. The summed E-state index contributed by atoms with van der Waals surface area (Å²) in [6.45, 7) is 3.69. The number of amides is 1. The van der Waals surface area contributed by atoms with Crippen molar-refractivity contribution in [2.75, 3.05) is 0 Å². The summed E-state index contributed by atoms with van der Waals surface area (Å²) in [5.41, 5.74) is 6.53. The van der Waals surface area contributed by atoms with Crippen molar-refractivity contribution in [2.45, 2.75) is 39.6 Å². The van der Waals surface area contributed by atoms with Gasteiger partial charge < -0.3 is 10.5 Å². The third-order valence-corrected chi connectivity index (χ3v) is 6.24. The van der Waals surface area contributed by atoms with Crippen LogP contribution in [-0.4, -0.2) is 26.4 Å². The summed E-state index contributed by atoms with van der Waals surface area (Å²) in [5, 5.41) is 1.06. The minimum Gasteiger partial charge on any atom is -0.442 e. The Morgan fingerprint density at radius 3 is 2.24 bits per heavy atom. The Hall–Kier alpha value is -2.72. The first kappa shape index (κ1) is 25.9. The van der Waals surface area contributed by atoms with E-state index >= 15 is 0 Å². The van der Waals surface area contributed by atoms with Crippen molar-refractivity contribution >= 4 is 46.6 Å². The van der Waals surface area contributed by atoms with Gasteiger partial charge in [-0.05, 0) is 65.8 Å². The average molecular weight is 523 g/mol. The van der Waals surface area contributed by atoms with Crippen molar-refractivity contribution in [3.05, 3.63) is 85.0 Å². The van der Waals surface area contributed by atoms with Gasteiger partial charge in [-0.3, -0.25) is 9.59 Å². The van der Waals surface area contributed by atoms with Gasteiger partial charge in [0, 0.05) is 15.6 Å². The van der Waals surface area contributed by atoms with Crippen LogP contribution in [0.5, 0.6) is 0 Å². The van der Waals surface area contributed by atoms with Gasteiger partial charge in [-0.25, -0.2) is 13.3 Å². The lowest BCUT2D eigenvalue weighted by Gasteiger charge is -2.13. The maximum Gasteiger partial charge on any atom is 0.342 e. The van der Waals surface area contributed by atoms with Crippen molar-refractivity contribution < 1.29 is 14.3 Å². The maximum atomic E-state index is 13.1. The molecule has 0 fully saturated rings. The van der Waals surface area contributed by atoms with Gasteiger partial charge in [0.1, 0.15) is 6.04 Å².